The Morgan fingerprint density at radius 1 is 1.18 bits per heavy atom. The number of hydrogen-bond donors (Lipinski definition) is 2. The average Bonchev–Trinajstić information content (AvgIpc) is 3.06. The average molecular weight is 488 g/mol. The smallest absolute Gasteiger partial charge is 0.251 e. The Hall–Kier alpha value is -3.24. The number of benzene rings is 2. The molecular weight excluding hydrogens is 466 g/mol. The summed E-state index contributed by atoms with van der Waals surface area (Å²) in [6.45, 7) is 1.40. The lowest BCUT2D eigenvalue weighted by Crippen LogP contribution is -2.23. The van der Waals surface area contributed by atoms with Crippen LogP contribution in [0.5, 0.6) is 11.5 Å². The zero-order valence-electron chi connectivity index (χ0n) is 17.8. The van der Waals surface area contributed by atoms with Gasteiger partial charge in [0.15, 0.2) is 16.7 Å². The molecule has 11 heteroatoms. The molecule has 0 atom stereocenters. The highest BCUT2D eigenvalue weighted by molar-refractivity contribution is 7.99. The second-order valence-electron chi connectivity index (χ2n) is 7.28. The second-order valence-corrected chi connectivity index (χ2v) is 8.63. The van der Waals surface area contributed by atoms with E-state index in [1.807, 2.05) is 13.1 Å². The van der Waals surface area contributed by atoms with Crippen molar-refractivity contribution in [2.45, 2.75) is 18.1 Å². The highest BCUT2D eigenvalue weighted by atomic mass is 35.5. The fourth-order valence-electron chi connectivity index (χ4n) is 3.11. The van der Waals surface area contributed by atoms with E-state index in [9.17, 15) is 9.59 Å². The quantitative estimate of drug-likeness (QED) is 0.492. The largest absolute Gasteiger partial charge is 0.489 e. The number of ether oxygens (including phenoxy) is 2. The monoisotopic (exact) mass is 487 g/mol. The Bertz CT molecular complexity index is 1150. The van der Waals surface area contributed by atoms with Crippen LogP contribution in [0.1, 0.15) is 22.3 Å². The molecule has 2 amide bonds. The van der Waals surface area contributed by atoms with Gasteiger partial charge < -0.3 is 24.7 Å². The zero-order chi connectivity index (χ0) is 23.2. The fourth-order valence-corrected chi connectivity index (χ4v) is 4.08. The van der Waals surface area contributed by atoms with E-state index in [0.29, 0.717) is 46.1 Å². The first-order valence-electron chi connectivity index (χ1n) is 10.2. The summed E-state index contributed by atoms with van der Waals surface area (Å²) in [6.07, 6.45) is 2.36. The van der Waals surface area contributed by atoms with Crippen LogP contribution < -0.4 is 20.1 Å². The Morgan fingerprint density at radius 2 is 1.97 bits per heavy atom. The van der Waals surface area contributed by atoms with Gasteiger partial charge in [0.2, 0.25) is 5.91 Å². The SMILES string of the molecule is Cn1cnnc1SCC(=O)Nc1ccc(C(=O)NCc2cc(Cl)c3c(c2)OCCCO3)cc1. The van der Waals surface area contributed by atoms with E-state index in [4.69, 9.17) is 21.1 Å². The maximum absolute atomic E-state index is 12.5. The molecule has 1 aliphatic heterocycles. The predicted molar refractivity (Wildman–Crippen MR) is 125 cm³/mol. The van der Waals surface area contributed by atoms with Crippen molar-refractivity contribution in [3.05, 3.63) is 58.9 Å². The third-order valence-electron chi connectivity index (χ3n) is 4.75. The molecule has 0 fully saturated rings. The Morgan fingerprint density at radius 3 is 2.73 bits per heavy atom. The summed E-state index contributed by atoms with van der Waals surface area (Å²) in [4.78, 5) is 24.7. The van der Waals surface area contributed by atoms with Crippen molar-refractivity contribution >= 4 is 40.9 Å². The maximum atomic E-state index is 12.5. The zero-order valence-corrected chi connectivity index (χ0v) is 19.4. The van der Waals surface area contributed by atoms with Crippen molar-refractivity contribution in [2.75, 3.05) is 24.3 Å². The lowest BCUT2D eigenvalue weighted by atomic mass is 10.1. The lowest BCUT2D eigenvalue weighted by molar-refractivity contribution is -0.113. The number of thioether (sulfide) groups is 1. The topological polar surface area (TPSA) is 107 Å². The molecule has 33 heavy (non-hydrogen) atoms. The Kier molecular flexibility index (Phi) is 7.36. The minimum atomic E-state index is -0.242. The van der Waals surface area contributed by atoms with E-state index >= 15 is 0 Å². The number of anilines is 1. The van der Waals surface area contributed by atoms with Crippen molar-refractivity contribution in [3.63, 3.8) is 0 Å². The molecule has 3 aromatic rings. The van der Waals surface area contributed by atoms with E-state index in [0.717, 1.165) is 12.0 Å². The number of aromatic nitrogens is 3. The summed E-state index contributed by atoms with van der Waals surface area (Å²) in [5, 5.41) is 14.5. The molecule has 0 bridgehead atoms. The van der Waals surface area contributed by atoms with Crippen molar-refractivity contribution < 1.29 is 19.1 Å². The summed E-state index contributed by atoms with van der Waals surface area (Å²) in [5.41, 5.74) is 1.88. The van der Waals surface area contributed by atoms with Crippen LogP contribution in [0, 0.1) is 0 Å². The first kappa shape index (κ1) is 22.9. The summed E-state index contributed by atoms with van der Waals surface area (Å²) >= 11 is 7.60. The molecule has 0 aliphatic carbocycles. The number of nitrogens with zero attached hydrogens (tertiary/aromatic N) is 3. The number of rotatable bonds is 7. The van der Waals surface area contributed by atoms with E-state index in [1.165, 1.54) is 11.8 Å². The van der Waals surface area contributed by atoms with Crippen LogP contribution in [0.2, 0.25) is 5.02 Å². The molecule has 9 nitrogen and oxygen atoms in total. The molecule has 2 N–H and O–H groups in total. The number of nitrogens with one attached hydrogen (secondary N) is 2. The number of carbonyl (C=O) groups is 2. The molecule has 0 unspecified atom stereocenters. The first-order chi connectivity index (χ1) is 16.0. The molecule has 0 radical (unpaired) electrons. The van der Waals surface area contributed by atoms with Gasteiger partial charge in [0.1, 0.15) is 6.33 Å². The minimum absolute atomic E-state index is 0.175. The van der Waals surface area contributed by atoms with Crippen LogP contribution in [-0.4, -0.2) is 45.5 Å². The van der Waals surface area contributed by atoms with Gasteiger partial charge in [-0.15, -0.1) is 10.2 Å². The molecule has 1 aromatic heterocycles. The van der Waals surface area contributed by atoms with E-state index in [2.05, 4.69) is 20.8 Å². The Balaban J connectivity index is 1.29. The van der Waals surface area contributed by atoms with E-state index in [-0.39, 0.29) is 24.1 Å². The van der Waals surface area contributed by atoms with Crippen LogP contribution in [-0.2, 0) is 18.4 Å². The first-order valence-corrected chi connectivity index (χ1v) is 11.6. The lowest BCUT2D eigenvalue weighted by Gasteiger charge is -2.12. The van der Waals surface area contributed by atoms with Gasteiger partial charge >= 0.3 is 0 Å². The number of carbonyl (C=O) groups excluding carboxylic acids is 2. The normalized spacial score (nSPS) is 12.7. The van der Waals surface area contributed by atoms with Crippen molar-refractivity contribution in [1.82, 2.24) is 20.1 Å². The summed E-state index contributed by atoms with van der Waals surface area (Å²) in [6, 6.07) is 10.3. The molecule has 0 saturated carbocycles. The Labute approximate surface area is 199 Å². The van der Waals surface area contributed by atoms with Crippen LogP contribution in [0.4, 0.5) is 5.69 Å². The minimum Gasteiger partial charge on any atom is -0.489 e. The maximum Gasteiger partial charge on any atom is 0.251 e. The number of hydrogen-bond acceptors (Lipinski definition) is 7. The third-order valence-corrected chi connectivity index (χ3v) is 6.06. The van der Waals surface area contributed by atoms with Crippen molar-refractivity contribution in [3.8, 4) is 11.5 Å². The number of halogens is 1. The molecule has 1 aliphatic rings. The van der Waals surface area contributed by atoms with Crippen LogP contribution in [0.3, 0.4) is 0 Å². The standard InChI is InChI=1S/C22H22ClN5O4S/c1-28-13-25-27-22(28)33-12-19(29)26-16-5-3-15(4-6-16)21(30)24-11-14-9-17(23)20-18(10-14)31-7-2-8-32-20/h3-6,9-10,13H,2,7-8,11-12H2,1H3,(H,24,30)(H,26,29). The summed E-state index contributed by atoms with van der Waals surface area (Å²) < 4.78 is 13.1. The van der Waals surface area contributed by atoms with Crippen molar-refractivity contribution in [2.24, 2.45) is 7.05 Å². The van der Waals surface area contributed by atoms with E-state index < -0.39 is 0 Å². The molecule has 0 spiro atoms. The fraction of sp³-hybridized carbons (Fsp3) is 0.273. The predicted octanol–water partition coefficient (Wildman–Crippen LogP) is 3.29. The van der Waals surface area contributed by atoms with Gasteiger partial charge in [0.25, 0.3) is 5.91 Å². The number of amides is 2. The molecule has 172 valence electrons. The molecule has 2 aromatic carbocycles. The van der Waals surface area contributed by atoms with E-state index in [1.54, 1.807) is 41.2 Å². The van der Waals surface area contributed by atoms with Crippen LogP contribution >= 0.6 is 23.4 Å². The van der Waals surface area contributed by atoms with Gasteiger partial charge in [-0.1, -0.05) is 23.4 Å². The summed E-state index contributed by atoms with van der Waals surface area (Å²) in [5.74, 6) is 0.909. The highest BCUT2D eigenvalue weighted by Crippen LogP contribution is 2.38. The number of fused-ring (bicyclic) bond motifs is 1. The van der Waals surface area contributed by atoms with Crippen molar-refractivity contribution in [1.29, 1.82) is 0 Å². The molecule has 4 rings (SSSR count). The van der Waals surface area contributed by atoms with Gasteiger partial charge in [0, 0.05) is 31.3 Å². The summed E-state index contributed by atoms with van der Waals surface area (Å²) in [7, 11) is 1.81. The van der Waals surface area contributed by atoms with Gasteiger partial charge in [-0.05, 0) is 42.0 Å². The molecule has 0 saturated heterocycles. The van der Waals surface area contributed by atoms with Gasteiger partial charge in [-0.2, -0.15) is 0 Å². The second kappa shape index (κ2) is 10.6. The van der Waals surface area contributed by atoms with Gasteiger partial charge in [-0.25, -0.2) is 0 Å². The van der Waals surface area contributed by atoms with Crippen LogP contribution in [0.25, 0.3) is 0 Å². The molecule has 2 heterocycles. The van der Waals surface area contributed by atoms with Gasteiger partial charge in [0.05, 0.1) is 24.0 Å². The number of aryl methyl sites for hydroxylation is 1. The highest BCUT2D eigenvalue weighted by Gasteiger charge is 2.16. The third kappa shape index (κ3) is 5.96. The van der Waals surface area contributed by atoms with Crippen LogP contribution in [0.15, 0.2) is 47.9 Å². The van der Waals surface area contributed by atoms with Gasteiger partial charge in [-0.3, -0.25) is 9.59 Å². The molecular formula is C22H22ClN5O4S.